The average molecular weight is 306 g/mol. The van der Waals surface area contributed by atoms with Crippen molar-refractivity contribution >= 4 is 42.2 Å². The maximum absolute atomic E-state index is 11.5. The van der Waals surface area contributed by atoms with Crippen molar-refractivity contribution in [1.82, 2.24) is 15.1 Å². The molecule has 1 aromatic heterocycles. The number of amides is 1. The first-order valence-electron chi connectivity index (χ1n) is 4.72. The van der Waals surface area contributed by atoms with Crippen LogP contribution in [0.15, 0.2) is 29.6 Å². The molecule has 5 N–H and O–H groups in total. The molecule has 104 valence electrons. The molecule has 0 saturated carbocycles. The summed E-state index contributed by atoms with van der Waals surface area (Å²) in [5.74, 6) is -1.69. The number of carboxylic acids is 1. The maximum atomic E-state index is 11.5. The van der Waals surface area contributed by atoms with Crippen molar-refractivity contribution in [3.63, 3.8) is 0 Å². The Morgan fingerprint density at radius 3 is 2.63 bits per heavy atom. The van der Waals surface area contributed by atoms with E-state index in [2.05, 4.69) is 20.2 Å². The molecule has 0 aliphatic rings. The van der Waals surface area contributed by atoms with Gasteiger partial charge >= 0.3 is 5.97 Å². The quantitative estimate of drug-likeness (QED) is 0.256. The zero-order valence-corrected chi connectivity index (χ0v) is 11.2. The lowest BCUT2D eigenvalue weighted by Gasteiger charge is -2.03. The van der Waals surface area contributed by atoms with Crippen LogP contribution >= 0.6 is 24.4 Å². The summed E-state index contributed by atoms with van der Waals surface area (Å²) in [6.45, 7) is 0. The van der Waals surface area contributed by atoms with Crippen molar-refractivity contribution in [3.05, 3.63) is 30.1 Å². The fraction of sp³-hybridized carbons (Fsp3) is 0.111. The molecular weight excluding hydrogens is 294 g/mol. The molecular formula is C9H12ClN5O3S. The number of hydrazone groups is 1. The minimum absolute atomic E-state index is 0. The molecule has 0 aliphatic heterocycles. The average Bonchev–Trinajstić information content (AvgIpc) is 2.36. The molecule has 1 amide bonds. The van der Waals surface area contributed by atoms with Gasteiger partial charge in [0.25, 0.3) is 5.91 Å². The summed E-state index contributed by atoms with van der Waals surface area (Å²) < 4.78 is 2.46. The van der Waals surface area contributed by atoms with Crippen molar-refractivity contribution in [2.75, 3.05) is 5.75 Å². The highest BCUT2D eigenvalue weighted by molar-refractivity contribution is 7.98. The number of aliphatic carboxylic acids is 1. The van der Waals surface area contributed by atoms with Crippen LogP contribution in [0.5, 0.6) is 0 Å². The van der Waals surface area contributed by atoms with Gasteiger partial charge in [0.05, 0.1) is 0 Å². The molecule has 0 unspecified atom stereocenters. The number of halogens is 1. The predicted octanol–water partition coefficient (Wildman–Crippen LogP) is -0.215. The van der Waals surface area contributed by atoms with Gasteiger partial charge in [-0.25, -0.2) is 5.43 Å². The highest BCUT2D eigenvalue weighted by Crippen LogP contribution is 1.95. The largest absolute Gasteiger partial charge is 0.481 e. The number of carbonyl (C=O) groups excluding carboxylic acids is 1. The van der Waals surface area contributed by atoms with Gasteiger partial charge in [-0.3, -0.25) is 19.3 Å². The molecule has 0 aromatic carbocycles. The zero-order valence-electron chi connectivity index (χ0n) is 9.57. The van der Waals surface area contributed by atoms with E-state index in [4.69, 9.17) is 10.8 Å². The van der Waals surface area contributed by atoms with Gasteiger partial charge in [0, 0.05) is 18.0 Å². The summed E-state index contributed by atoms with van der Waals surface area (Å²) in [6, 6.07) is 3.04. The van der Waals surface area contributed by atoms with E-state index in [9.17, 15) is 9.59 Å². The van der Waals surface area contributed by atoms with Crippen molar-refractivity contribution in [3.8, 4) is 0 Å². The smallest absolute Gasteiger partial charge is 0.315 e. The van der Waals surface area contributed by atoms with Crippen molar-refractivity contribution in [2.24, 2.45) is 10.8 Å². The van der Waals surface area contributed by atoms with Crippen LogP contribution < -0.4 is 15.9 Å². The standard InChI is InChI=1S/C9H11N5O3S.ClH/c10-9(14-18-5-7(15)16)13-12-8(17)6-1-3-11-4-2-6;/h1-4H,5H2,(H,12,17)(H,15,16)(H3,10,13,14);1H. The number of carboxylic acid groups (broad SMARTS) is 1. The molecule has 0 radical (unpaired) electrons. The number of carbonyl (C=O) groups is 2. The lowest BCUT2D eigenvalue weighted by atomic mass is 10.3. The van der Waals surface area contributed by atoms with E-state index in [-0.39, 0.29) is 24.1 Å². The first-order valence-corrected chi connectivity index (χ1v) is 5.71. The number of pyridine rings is 1. The highest BCUT2D eigenvalue weighted by Gasteiger charge is 2.03. The topological polar surface area (TPSA) is 130 Å². The second-order valence-electron chi connectivity index (χ2n) is 2.96. The van der Waals surface area contributed by atoms with E-state index >= 15 is 0 Å². The molecule has 1 heterocycles. The van der Waals surface area contributed by atoms with E-state index in [1.807, 2.05) is 0 Å². The van der Waals surface area contributed by atoms with Gasteiger partial charge in [-0.2, -0.15) is 0 Å². The molecule has 0 fully saturated rings. The van der Waals surface area contributed by atoms with Crippen LogP contribution in [0.3, 0.4) is 0 Å². The van der Waals surface area contributed by atoms with Crippen LogP contribution in [0.1, 0.15) is 10.4 Å². The number of guanidine groups is 1. The third-order valence-corrected chi connectivity index (χ3v) is 2.34. The molecule has 0 aliphatic carbocycles. The van der Waals surface area contributed by atoms with Gasteiger partial charge in [0.15, 0.2) is 0 Å². The van der Waals surface area contributed by atoms with Crippen molar-refractivity contribution in [1.29, 1.82) is 0 Å². The third-order valence-electron chi connectivity index (χ3n) is 1.59. The fourth-order valence-corrected chi connectivity index (χ4v) is 1.26. The molecule has 0 atom stereocenters. The maximum Gasteiger partial charge on any atom is 0.315 e. The van der Waals surface area contributed by atoms with Crippen LogP contribution in [-0.4, -0.2) is 33.7 Å². The summed E-state index contributed by atoms with van der Waals surface area (Å²) in [6.07, 6.45) is 2.95. The van der Waals surface area contributed by atoms with Gasteiger partial charge in [0.2, 0.25) is 5.96 Å². The van der Waals surface area contributed by atoms with Crippen LogP contribution in [0.25, 0.3) is 0 Å². The molecule has 0 bridgehead atoms. The Morgan fingerprint density at radius 2 is 2.05 bits per heavy atom. The lowest BCUT2D eigenvalue weighted by Crippen LogP contribution is -2.31. The number of nitrogens with one attached hydrogen (secondary N) is 2. The van der Waals surface area contributed by atoms with Gasteiger partial charge in [-0.1, -0.05) is 0 Å². The first-order chi connectivity index (χ1) is 8.59. The fourth-order valence-electron chi connectivity index (χ4n) is 0.873. The molecule has 1 aromatic rings. The molecule has 19 heavy (non-hydrogen) atoms. The Balaban J connectivity index is 0.00000324. The summed E-state index contributed by atoms with van der Waals surface area (Å²) in [5.41, 5.74) is 7.98. The van der Waals surface area contributed by atoms with Crippen LogP contribution in [0.4, 0.5) is 0 Å². The second-order valence-corrected chi connectivity index (χ2v) is 3.74. The number of nitrogens with two attached hydrogens (primary N) is 1. The normalized spacial score (nSPS) is 10.2. The van der Waals surface area contributed by atoms with E-state index in [1.54, 1.807) is 0 Å². The first kappa shape index (κ1) is 17.0. The Labute approximate surface area is 119 Å². The number of hydrogen-bond acceptors (Lipinski definition) is 5. The van der Waals surface area contributed by atoms with E-state index in [0.717, 1.165) is 11.9 Å². The summed E-state index contributed by atoms with van der Waals surface area (Å²) in [5, 5.41) is 11.9. The van der Waals surface area contributed by atoms with Gasteiger partial charge in [-0.05, 0) is 24.1 Å². The predicted molar refractivity (Wildman–Crippen MR) is 73.8 cm³/mol. The zero-order chi connectivity index (χ0) is 13.4. The lowest BCUT2D eigenvalue weighted by molar-refractivity contribution is -0.133. The van der Waals surface area contributed by atoms with Gasteiger partial charge in [0.1, 0.15) is 5.75 Å². The number of aromatic nitrogens is 1. The highest BCUT2D eigenvalue weighted by atomic mass is 35.5. The number of rotatable bonds is 5. The minimum Gasteiger partial charge on any atom is -0.481 e. The van der Waals surface area contributed by atoms with Crippen molar-refractivity contribution < 1.29 is 14.7 Å². The van der Waals surface area contributed by atoms with Crippen LogP contribution in [0.2, 0.25) is 0 Å². The summed E-state index contributed by atoms with van der Waals surface area (Å²) in [4.78, 5) is 25.5. The monoisotopic (exact) mass is 305 g/mol. The Hall–Kier alpha value is -2.00. The second kappa shape index (κ2) is 9.00. The summed E-state index contributed by atoms with van der Waals surface area (Å²) >= 11 is 0.850. The van der Waals surface area contributed by atoms with E-state index in [0.29, 0.717) is 5.56 Å². The third kappa shape index (κ3) is 7.11. The SMILES string of the molecule is Cl.N/C(=N/NC(=O)c1ccncc1)NSCC(=O)O. The van der Waals surface area contributed by atoms with Crippen molar-refractivity contribution in [2.45, 2.75) is 0 Å². The molecule has 0 saturated heterocycles. The van der Waals surface area contributed by atoms with Crippen LogP contribution in [0, 0.1) is 0 Å². The molecule has 8 nitrogen and oxygen atoms in total. The minimum atomic E-state index is -0.985. The number of hydrogen-bond donors (Lipinski definition) is 4. The Morgan fingerprint density at radius 1 is 1.42 bits per heavy atom. The van der Waals surface area contributed by atoms with E-state index < -0.39 is 11.9 Å². The molecule has 10 heteroatoms. The number of nitrogens with zero attached hydrogens (tertiary/aromatic N) is 2. The van der Waals surface area contributed by atoms with E-state index in [1.165, 1.54) is 24.5 Å². The Kier molecular flexibility index (Phi) is 8.05. The van der Waals surface area contributed by atoms with Crippen LogP contribution in [-0.2, 0) is 4.79 Å². The summed E-state index contributed by atoms with van der Waals surface area (Å²) in [7, 11) is 0. The van der Waals surface area contributed by atoms with Gasteiger partial charge in [-0.15, -0.1) is 17.5 Å². The van der Waals surface area contributed by atoms with Gasteiger partial charge < -0.3 is 10.8 Å². The molecule has 0 spiro atoms. The molecule has 1 rings (SSSR count). The Bertz CT molecular complexity index is 456.